The summed E-state index contributed by atoms with van der Waals surface area (Å²) in [5.41, 5.74) is 1.23. The van der Waals surface area contributed by atoms with Gasteiger partial charge in [0.05, 0.1) is 0 Å². The lowest BCUT2D eigenvalue weighted by atomic mass is 10.3. The molecule has 0 aliphatic carbocycles. The van der Waals surface area contributed by atoms with E-state index in [0.717, 1.165) is 8.95 Å². The van der Waals surface area contributed by atoms with Crippen molar-refractivity contribution in [1.82, 2.24) is 0 Å². The average molecular weight is 475 g/mol. The van der Waals surface area contributed by atoms with Crippen molar-refractivity contribution in [2.75, 3.05) is 19.0 Å². The van der Waals surface area contributed by atoms with E-state index in [9.17, 15) is 0 Å². The van der Waals surface area contributed by atoms with Crippen molar-refractivity contribution in [3.8, 4) is 0 Å². The number of hydrogen-bond donors (Lipinski definition) is 0. The molecule has 1 nitrogen and oxygen atoms in total. The fourth-order valence-electron chi connectivity index (χ4n) is 3.16. The second kappa shape index (κ2) is 7.48. The lowest BCUT2D eigenvalue weighted by Gasteiger charge is -2.30. The highest BCUT2D eigenvalue weighted by atomic mass is 79.9. The van der Waals surface area contributed by atoms with E-state index in [1.807, 2.05) is 0 Å². The first-order chi connectivity index (χ1) is 11.9. The van der Waals surface area contributed by atoms with Crippen LogP contribution in [0.4, 0.5) is 5.69 Å². The van der Waals surface area contributed by atoms with Crippen LogP contribution >= 0.6 is 31.9 Å². The van der Waals surface area contributed by atoms with E-state index in [2.05, 4.69) is 130 Å². The predicted octanol–water partition coefficient (Wildman–Crippen LogP) is 4.38. The van der Waals surface area contributed by atoms with E-state index in [-0.39, 0.29) is 0 Å². The molecule has 0 unspecified atom stereocenters. The Morgan fingerprint density at radius 2 is 0.920 bits per heavy atom. The van der Waals surface area contributed by atoms with E-state index < -0.39 is 8.07 Å². The summed E-state index contributed by atoms with van der Waals surface area (Å²) < 4.78 is 2.23. The summed E-state index contributed by atoms with van der Waals surface area (Å²) in [5, 5.41) is 4.24. The van der Waals surface area contributed by atoms with Crippen molar-refractivity contribution in [2.45, 2.75) is 6.55 Å². The van der Waals surface area contributed by atoms with Crippen LogP contribution in [0.2, 0.25) is 6.55 Å². The Labute approximate surface area is 168 Å². The SMILES string of the molecule is CN(C)c1ccc([Si](C)(c2ccc(Br)cc2)c2ccc(Br)cc2)cc1. The van der Waals surface area contributed by atoms with Gasteiger partial charge in [0.1, 0.15) is 8.07 Å². The summed E-state index contributed by atoms with van der Waals surface area (Å²) in [6, 6.07) is 26.7. The topological polar surface area (TPSA) is 3.24 Å². The van der Waals surface area contributed by atoms with Gasteiger partial charge in [-0.25, -0.2) is 0 Å². The number of nitrogens with zero attached hydrogens (tertiary/aromatic N) is 1. The molecular weight excluding hydrogens is 454 g/mol. The Morgan fingerprint density at radius 3 is 1.24 bits per heavy atom. The largest absolute Gasteiger partial charge is 0.378 e. The maximum atomic E-state index is 3.56. The van der Waals surface area contributed by atoms with Crippen molar-refractivity contribution < 1.29 is 0 Å². The molecule has 0 radical (unpaired) electrons. The molecule has 128 valence electrons. The van der Waals surface area contributed by atoms with Crippen molar-refractivity contribution >= 4 is 61.2 Å². The molecule has 0 fully saturated rings. The van der Waals surface area contributed by atoms with Crippen LogP contribution in [-0.4, -0.2) is 22.2 Å². The number of rotatable bonds is 4. The Hall–Kier alpha value is -1.36. The van der Waals surface area contributed by atoms with Crippen LogP contribution in [0.3, 0.4) is 0 Å². The van der Waals surface area contributed by atoms with Crippen molar-refractivity contribution in [3.05, 3.63) is 81.7 Å². The molecule has 25 heavy (non-hydrogen) atoms. The standard InChI is InChI=1S/C21H21Br2NSi/c1-24(2)18-8-14-21(15-9-18)25(3,19-10-4-16(22)5-11-19)20-12-6-17(23)7-13-20/h4-15H,1-3H3. The van der Waals surface area contributed by atoms with Gasteiger partial charge in [-0.05, 0) is 52.0 Å². The minimum absolute atomic E-state index is 1.12. The monoisotopic (exact) mass is 473 g/mol. The number of anilines is 1. The molecular formula is C21H21Br2NSi. The average Bonchev–Trinajstić information content (AvgIpc) is 2.62. The Kier molecular flexibility index (Phi) is 5.51. The molecule has 3 aromatic rings. The van der Waals surface area contributed by atoms with Crippen molar-refractivity contribution in [2.24, 2.45) is 0 Å². The maximum absolute atomic E-state index is 3.56. The summed E-state index contributed by atoms with van der Waals surface area (Å²) in [6.07, 6.45) is 0. The highest BCUT2D eigenvalue weighted by Crippen LogP contribution is 2.15. The minimum Gasteiger partial charge on any atom is -0.378 e. The van der Waals surface area contributed by atoms with E-state index in [4.69, 9.17) is 0 Å². The first kappa shape index (κ1) is 18.4. The van der Waals surface area contributed by atoms with Gasteiger partial charge in [-0.2, -0.15) is 0 Å². The van der Waals surface area contributed by atoms with Crippen LogP contribution < -0.4 is 20.5 Å². The van der Waals surface area contributed by atoms with Crippen LogP contribution in [0.15, 0.2) is 81.7 Å². The van der Waals surface area contributed by atoms with Gasteiger partial charge in [-0.15, -0.1) is 0 Å². The third-order valence-electron chi connectivity index (χ3n) is 4.80. The molecule has 0 bridgehead atoms. The van der Waals surface area contributed by atoms with Crippen LogP contribution in [0.1, 0.15) is 0 Å². The first-order valence-corrected chi connectivity index (χ1v) is 12.3. The second-order valence-corrected chi connectivity index (χ2v) is 12.4. The molecule has 0 heterocycles. The van der Waals surface area contributed by atoms with Gasteiger partial charge in [0.15, 0.2) is 0 Å². The first-order valence-electron chi connectivity index (χ1n) is 8.21. The smallest absolute Gasteiger partial charge is 0.145 e. The fraction of sp³-hybridized carbons (Fsp3) is 0.143. The van der Waals surface area contributed by atoms with E-state index >= 15 is 0 Å². The number of halogens is 2. The maximum Gasteiger partial charge on any atom is 0.145 e. The molecule has 0 aliphatic rings. The predicted molar refractivity (Wildman–Crippen MR) is 120 cm³/mol. The molecule has 3 rings (SSSR count). The Morgan fingerprint density at radius 1 is 0.600 bits per heavy atom. The molecule has 0 saturated heterocycles. The van der Waals surface area contributed by atoms with Crippen LogP contribution in [0.5, 0.6) is 0 Å². The van der Waals surface area contributed by atoms with Crippen molar-refractivity contribution in [1.29, 1.82) is 0 Å². The third kappa shape index (κ3) is 3.76. The molecule has 4 heteroatoms. The molecule has 0 atom stereocenters. The van der Waals surface area contributed by atoms with Gasteiger partial charge < -0.3 is 4.90 Å². The molecule has 0 aliphatic heterocycles. The molecule has 0 aromatic heterocycles. The Bertz CT molecular complexity index is 795. The summed E-state index contributed by atoms with van der Waals surface area (Å²) >= 11 is 7.13. The number of hydrogen-bond acceptors (Lipinski definition) is 1. The van der Waals surface area contributed by atoms with Crippen LogP contribution in [0.25, 0.3) is 0 Å². The van der Waals surface area contributed by atoms with Gasteiger partial charge in [-0.1, -0.05) is 74.8 Å². The van der Waals surface area contributed by atoms with Gasteiger partial charge in [0.25, 0.3) is 0 Å². The lowest BCUT2D eigenvalue weighted by molar-refractivity contribution is 1.13. The van der Waals surface area contributed by atoms with Gasteiger partial charge in [-0.3, -0.25) is 0 Å². The summed E-state index contributed by atoms with van der Waals surface area (Å²) in [5.74, 6) is 0. The molecule has 0 spiro atoms. The highest BCUT2D eigenvalue weighted by Gasteiger charge is 2.34. The highest BCUT2D eigenvalue weighted by molar-refractivity contribution is 9.10. The zero-order valence-corrected chi connectivity index (χ0v) is 18.8. The minimum atomic E-state index is -2.04. The summed E-state index contributed by atoms with van der Waals surface area (Å²) in [4.78, 5) is 2.14. The molecule has 0 N–H and O–H groups in total. The normalized spacial score (nSPS) is 11.4. The van der Waals surface area contributed by atoms with E-state index in [1.165, 1.54) is 21.2 Å². The number of benzene rings is 3. The van der Waals surface area contributed by atoms with Gasteiger partial charge in [0.2, 0.25) is 0 Å². The summed E-state index contributed by atoms with van der Waals surface area (Å²) in [7, 11) is 2.12. The van der Waals surface area contributed by atoms with Crippen molar-refractivity contribution in [3.63, 3.8) is 0 Å². The molecule has 0 saturated carbocycles. The van der Waals surface area contributed by atoms with Gasteiger partial charge in [0, 0.05) is 28.7 Å². The summed E-state index contributed by atoms with van der Waals surface area (Å²) in [6.45, 7) is 2.43. The Balaban J connectivity index is 2.17. The van der Waals surface area contributed by atoms with E-state index in [1.54, 1.807) is 0 Å². The quantitative estimate of drug-likeness (QED) is 0.400. The van der Waals surface area contributed by atoms with Crippen LogP contribution in [0, 0.1) is 0 Å². The second-order valence-electron chi connectivity index (χ2n) is 6.58. The fourth-order valence-corrected chi connectivity index (χ4v) is 7.19. The zero-order valence-electron chi connectivity index (χ0n) is 14.6. The van der Waals surface area contributed by atoms with Crippen LogP contribution in [-0.2, 0) is 0 Å². The van der Waals surface area contributed by atoms with Gasteiger partial charge >= 0.3 is 0 Å². The molecule has 3 aromatic carbocycles. The van der Waals surface area contributed by atoms with E-state index in [0.29, 0.717) is 0 Å². The third-order valence-corrected chi connectivity index (χ3v) is 10.3. The zero-order chi connectivity index (χ0) is 18.0. The lowest BCUT2D eigenvalue weighted by Crippen LogP contribution is -2.64. The molecule has 0 amide bonds.